The van der Waals surface area contributed by atoms with Gasteiger partial charge in [-0.1, -0.05) is 79.0 Å². The van der Waals surface area contributed by atoms with Crippen LogP contribution in [0.2, 0.25) is 10.0 Å². The summed E-state index contributed by atoms with van der Waals surface area (Å²) in [6.45, 7) is 5.39. The number of sulfonamides is 1. The van der Waals surface area contributed by atoms with Gasteiger partial charge in [-0.05, 0) is 67.3 Å². The molecule has 0 radical (unpaired) electrons. The molecule has 1 fully saturated rings. The van der Waals surface area contributed by atoms with Gasteiger partial charge >= 0.3 is 5.97 Å². The number of aliphatic carboxylic acids is 1. The predicted molar refractivity (Wildman–Crippen MR) is 161 cm³/mol. The fraction of sp³-hybridized carbons (Fsp3) is 0.355. The number of nitrogens with zero attached hydrogens (tertiary/aromatic N) is 1. The highest BCUT2D eigenvalue weighted by Crippen LogP contribution is 2.52. The van der Waals surface area contributed by atoms with Crippen LogP contribution >= 0.6 is 23.2 Å². The van der Waals surface area contributed by atoms with E-state index in [1.165, 1.54) is 0 Å². The molecule has 0 bridgehead atoms. The summed E-state index contributed by atoms with van der Waals surface area (Å²) in [6.07, 6.45) is 0.337. The molecule has 0 aromatic heterocycles. The highest BCUT2D eigenvalue weighted by Gasteiger charge is 2.52. The maximum atomic E-state index is 14.3. The topological polar surface area (TPSA) is 104 Å². The van der Waals surface area contributed by atoms with Gasteiger partial charge in [-0.25, -0.2) is 13.1 Å². The molecule has 1 heterocycles. The standard InChI is InChI=1S/C31H34Cl2N2O5S/c1-4-25(19-34-41(39,40)26-14-8-20(2)9-15-26)35-29(21-10-12-23(32)13-11-21)27(22-6-5-7-24(33)16-22)17-31(3,30(35)38)18-28(36)37/h5-16,25,27,29,34H,4,17-19H2,1-3H3,(H,36,37). The first-order valence-corrected chi connectivity index (χ1v) is 15.7. The van der Waals surface area contributed by atoms with Gasteiger partial charge in [0.25, 0.3) is 0 Å². The Balaban J connectivity index is 1.81. The second-order valence-electron chi connectivity index (χ2n) is 10.9. The molecule has 0 saturated carbocycles. The molecule has 3 aromatic rings. The highest BCUT2D eigenvalue weighted by molar-refractivity contribution is 7.89. The van der Waals surface area contributed by atoms with Crippen molar-refractivity contribution in [3.8, 4) is 0 Å². The minimum absolute atomic E-state index is 0.0477. The number of hydrogen-bond acceptors (Lipinski definition) is 4. The first kappa shape index (κ1) is 31.0. The van der Waals surface area contributed by atoms with E-state index in [2.05, 4.69) is 4.72 Å². The van der Waals surface area contributed by atoms with Crippen LogP contribution in [0.1, 0.15) is 61.8 Å². The van der Waals surface area contributed by atoms with Crippen LogP contribution in [0.4, 0.5) is 0 Å². The first-order valence-electron chi connectivity index (χ1n) is 13.5. The van der Waals surface area contributed by atoms with E-state index in [0.717, 1.165) is 16.7 Å². The predicted octanol–water partition coefficient (Wildman–Crippen LogP) is 6.60. The third kappa shape index (κ3) is 6.95. The highest BCUT2D eigenvalue weighted by atomic mass is 35.5. The lowest BCUT2D eigenvalue weighted by Crippen LogP contribution is -2.58. The Hall–Kier alpha value is -2.91. The van der Waals surface area contributed by atoms with Crippen molar-refractivity contribution in [1.29, 1.82) is 0 Å². The van der Waals surface area contributed by atoms with Gasteiger partial charge in [0.2, 0.25) is 15.9 Å². The number of nitrogens with one attached hydrogen (secondary N) is 1. The molecule has 1 amide bonds. The van der Waals surface area contributed by atoms with Gasteiger partial charge in [-0.15, -0.1) is 0 Å². The van der Waals surface area contributed by atoms with Crippen LogP contribution in [0.25, 0.3) is 0 Å². The van der Waals surface area contributed by atoms with Crippen molar-refractivity contribution in [2.45, 2.75) is 62.9 Å². The molecule has 41 heavy (non-hydrogen) atoms. The van der Waals surface area contributed by atoms with E-state index in [4.69, 9.17) is 23.2 Å². The Morgan fingerprint density at radius 3 is 2.29 bits per heavy atom. The van der Waals surface area contributed by atoms with Crippen LogP contribution in [-0.2, 0) is 19.6 Å². The minimum Gasteiger partial charge on any atom is -0.481 e. The van der Waals surface area contributed by atoms with Crippen LogP contribution < -0.4 is 4.72 Å². The summed E-state index contributed by atoms with van der Waals surface area (Å²) in [4.78, 5) is 28.2. The summed E-state index contributed by atoms with van der Waals surface area (Å²) in [5, 5.41) is 10.9. The first-order chi connectivity index (χ1) is 19.3. The molecule has 0 spiro atoms. The van der Waals surface area contributed by atoms with Crippen molar-refractivity contribution >= 4 is 45.1 Å². The number of halogens is 2. The zero-order valence-electron chi connectivity index (χ0n) is 23.2. The number of piperidine rings is 1. The molecule has 1 aliphatic heterocycles. The SMILES string of the molecule is CCC(CNS(=O)(=O)c1ccc(C)cc1)N1C(=O)C(C)(CC(=O)O)CC(c2cccc(Cl)c2)C1c1ccc(Cl)cc1. The number of aryl methyl sites for hydroxylation is 1. The molecule has 1 saturated heterocycles. The van der Waals surface area contributed by atoms with E-state index < -0.39 is 33.5 Å². The van der Waals surface area contributed by atoms with E-state index in [-0.39, 0.29) is 36.1 Å². The monoisotopic (exact) mass is 616 g/mol. The maximum absolute atomic E-state index is 14.3. The number of likely N-dealkylation sites (tertiary alicyclic amines) is 1. The van der Waals surface area contributed by atoms with Crippen LogP contribution in [0.5, 0.6) is 0 Å². The minimum atomic E-state index is -3.86. The van der Waals surface area contributed by atoms with E-state index in [1.807, 2.05) is 44.2 Å². The fourth-order valence-corrected chi connectivity index (χ4v) is 7.12. The summed E-state index contributed by atoms with van der Waals surface area (Å²) < 4.78 is 29.1. The van der Waals surface area contributed by atoms with Crippen LogP contribution in [0, 0.1) is 12.3 Å². The number of rotatable bonds is 10. The third-order valence-corrected chi connectivity index (χ3v) is 9.76. The smallest absolute Gasteiger partial charge is 0.304 e. The van der Waals surface area contributed by atoms with Crippen LogP contribution in [0.15, 0.2) is 77.7 Å². The fourth-order valence-electron chi connectivity index (χ4n) is 5.73. The van der Waals surface area contributed by atoms with Crippen molar-refractivity contribution in [3.63, 3.8) is 0 Å². The summed E-state index contributed by atoms with van der Waals surface area (Å²) in [5.41, 5.74) is 1.38. The number of carbonyl (C=O) groups is 2. The normalized spacial score (nSPS) is 22.0. The zero-order valence-corrected chi connectivity index (χ0v) is 25.5. The largest absolute Gasteiger partial charge is 0.481 e. The molecule has 3 aromatic carbocycles. The van der Waals surface area contributed by atoms with E-state index >= 15 is 0 Å². The lowest BCUT2D eigenvalue weighted by Gasteiger charge is -2.52. The van der Waals surface area contributed by atoms with E-state index in [0.29, 0.717) is 16.5 Å². The number of carbonyl (C=O) groups excluding carboxylic acids is 1. The molecule has 4 rings (SSSR count). The zero-order chi connectivity index (χ0) is 29.9. The van der Waals surface area contributed by atoms with E-state index in [1.54, 1.807) is 54.3 Å². The number of amides is 1. The Bertz CT molecular complexity index is 1510. The average molecular weight is 618 g/mol. The molecular weight excluding hydrogens is 583 g/mol. The Morgan fingerprint density at radius 1 is 1.05 bits per heavy atom. The summed E-state index contributed by atoms with van der Waals surface area (Å²) in [5.74, 6) is -1.73. The van der Waals surface area contributed by atoms with Gasteiger partial charge in [0.1, 0.15) is 0 Å². The Morgan fingerprint density at radius 2 is 1.71 bits per heavy atom. The quantitative estimate of drug-likeness (QED) is 0.267. The van der Waals surface area contributed by atoms with Crippen molar-refractivity contribution in [2.24, 2.45) is 5.41 Å². The summed E-state index contributed by atoms with van der Waals surface area (Å²) in [7, 11) is -3.86. The molecule has 4 unspecified atom stereocenters. The second kappa shape index (κ2) is 12.5. The summed E-state index contributed by atoms with van der Waals surface area (Å²) >= 11 is 12.6. The van der Waals surface area contributed by atoms with Gasteiger partial charge in [0.05, 0.1) is 22.8 Å². The molecule has 218 valence electrons. The van der Waals surface area contributed by atoms with Crippen molar-refractivity contribution in [2.75, 3.05) is 6.54 Å². The van der Waals surface area contributed by atoms with Gasteiger partial charge in [0.15, 0.2) is 0 Å². The van der Waals surface area contributed by atoms with Crippen molar-refractivity contribution < 1.29 is 23.1 Å². The number of hydrogen-bond donors (Lipinski definition) is 2. The van der Waals surface area contributed by atoms with Crippen molar-refractivity contribution in [3.05, 3.63) is 99.5 Å². The Kier molecular flexibility index (Phi) is 9.49. The van der Waals surface area contributed by atoms with Gasteiger partial charge in [-0.2, -0.15) is 0 Å². The third-order valence-electron chi connectivity index (χ3n) is 7.84. The van der Waals surface area contributed by atoms with Crippen LogP contribution in [-0.4, -0.2) is 42.9 Å². The second-order valence-corrected chi connectivity index (χ2v) is 13.6. The van der Waals surface area contributed by atoms with Gasteiger partial charge < -0.3 is 10.0 Å². The maximum Gasteiger partial charge on any atom is 0.304 e. The van der Waals surface area contributed by atoms with E-state index in [9.17, 15) is 23.1 Å². The lowest BCUT2D eigenvalue weighted by atomic mass is 9.67. The van der Waals surface area contributed by atoms with Crippen LogP contribution in [0.3, 0.4) is 0 Å². The molecule has 7 nitrogen and oxygen atoms in total. The Labute approximate surface area is 251 Å². The van der Waals surface area contributed by atoms with Crippen molar-refractivity contribution in [1.82, 2.24) is 9.62 Å². The number of benzene rings is 3. The number of carboxylic acid groups (broad SMARTS) is 1. The molecule has 1 aliphatic rings. The average Bonchev–Trinajstić information content (AvgIpc) is 2.91. The van der Waals surface area contributed by atoms with Gasteiger partial charge in [-0.3, -0.25) is 9.59 Å². The van der Waals surface area contributed by atoms with Gasteiger partial charge in [0, 0.05) is 28.5 Å². The lowest BCUT2D eigenvalue weighted by molar-refractivity contribution is -0.160. The molecule has 10 heteroatoms. The molecule has 4 atom stereocenters. The molecule has 2 N–H and O–H groups in total. The molecule has 0 aliphatic carbocycles. The molecular formula is C31H34Cl2N2O5S. The number of carboxylic acids is 1. The summed E-state index contributed by atoms with van der Waals surface area (Å²) in [6, 6.07) is 20.0.